The van der Waals surface area contributed by atoms with E-state index in [1.165, 1.54) is 11.0 Å². The topological polar surface area (TPSA) is 55.3 Å². The first kappa shape index (κ1) is 26.8. The fraction of sp³-hybridized carbons (Fsp3) is 0.393. The molecule has 0 aliphatic heterocycles. The monoisotopic (exact) mass is 529 g/mol. The number of nitrogens with one attached hydrogen (secondary N) is 2. The lowest BCUT2D eigenvalue weighted by atomic mass is 9.95. The summed E-state index contributed by atoms with van der Waals surface area (Å²) in [6, 6.07) is 13.1. The molecule has 0 atom stereocenters. The molecule has 3 aromatic rings. The Morgan fingerprint density at radius 1 is 1.14 bits per heavy atom. The number of ether oxygens (including phenoxy) is 1. The third kappa shape index (κ3) is 7.16. The van der Waals surface area contributed by atoms with Crippen LogP contribution in [-0.2, 0) is 11.3 Å². The van der Waals surface area contributed by atoms with Gasteiger partial charge in [0.1, 0.15) is 18.9 Å². The van der Waals surface area contributed by atoms with Crippen LogP contribution in [-0.4, -0.2) is 42.5 Å². The Kier molecular flexibility index (Phi) is 8.93. The SMILES string of the molecule is CSc1ccc(NCC#Cc2cc3c(NC4CCCCC4)cccc3n2CC(F)(F)F)c(OCC=O)c1. The van der Waals surface area contributed by atoms with Crippen molar-refractivity contribution >= 4 is 40.3 Å². The van der Waals surface area contributed by atoms with Gasteiger partial charge in [-0.25, -0.2) is 0 Å². The molecule has 0 unspecified atom stereocenters. The molecule has 0 bridgehead atoms. The van der Waals surface area contributed by atoms with Crippen LogP contribution in [0.5, 0.6) is 5.75 Å². The summed E-state index contributed by atoms with van der Waals surface area (Å²) in [5.74, 6) is 6.40. The van der Waals surface area contributed by atoms with Crippen molar-refractivity contribution in [3.8, 4) is 17.6 Å². The maximum Gasteiger partial charge on any atom is 0.406 e. The van der Waals surface area contributed by atoms with E-state index in [1.54, 1.807) is 30.0 Å². The number of fused-ring (bicyclic) bond motifs is 1. The Morgan fingerprint density at radius 3 is 2.68 bits per heavy atom. The van der Waals surface area contributed by atoms with Gasteiger partial charge in [-0.15, -0.1) is 11.8 Å². The number of carbonyl (C=O) groups is 1. The van der Waals surface area contributed by atoms with Crippen molar-refractivity contribution in [3.05, 3.63) is 48.2 Å². The van der Waals surface area contributed by atoms with Gasteiger partial charge in [-0.1, -0.05) is 31.2 Å². The van der Waals surface area contributed by atoms with Gasteiger partial charge in [-0.3, -0.25) is 4.79 Å². The maximum atomic E-state index is 13.5. The van der Waals surface area contributed by atoms with E-state index in [0.717, 1.165) is 41.7 Å². The van der Waals surface area contributed by atoms with Crippen molar-refractivity contribution in [1.29, 1.82) is 0 Å². The highest BCUT2D eigenvalue weighted by Crippen LogP contribution is 2.32. The van der Waals surface area contributed by atoms with E-state index in [-0.39, 0.29) is 13.2 Å². The third-order valence-electron chi connectivity index (χ3n) is 6.33. The smallest absolute Gasteiger partial charge is 0.406 e. The van der Waals surface area contributed by atoms with Crippen LogP contribution in [0.25, 0.3) is 10.9 Å². The van der Waals surface area contributed by atoms with Gasteiger partial charge in [-0.2, -0.15) is 13.2 Å². The number of carbonyl (C=O) groups excluding carboxylic acids is 1. The van der Waals surface area contributed by atoms with E-state index in [2.05, 4.69) is 22.5 Å². The van der Waals surface area contributed by atoms with Gasteiger partial charge in [0.05, 0.1) is 23.4 Å². The summed E-state index contributed by atoms with van der Waals surface area (Å²) in [5, 5.41) is 7.44. The van der Waals surface area contributed by atoms with Crippen LogP contribution in [0.1, 0.15) is 37.8 Å². The molecule has 1 saturated carbocycles. The Hall–Kier alpha value is -3.25. The lowest BCUT2D eigenvalue weighted by Gasteiger charge is -2.24. The third-order valence-corrected chi connectivity index (χ3v) is 7.05. The van der Waals surface area contributed by atoms with Crippen LogP contribution in [0, 0.1) is 11.8 Å². The summed E-state index contributed by atoms with van der Waals surface area (Å²) in [7, 11) is 0. The minimum Gasteiger partial charge on any atom is -0.484 e. The molecule has 1 heterocycles. The molecule has 1 aromatic heterocycles. The van der Waals surface area contributed by atoms with E-state index in [0.29, 0.717) is 35.0 Å². The summed E-state index contributed by atoms with van der Waals surface area (Å²) in [4.78, 5) is 11.7. The van der Waals surface area contributed by atoms with Crippen LogP contribution in [0.2, 0.25) is 0 Å². The van der Waals surface area contributed by atoms with Crippen molar-refractivity contribution < 1.29 is 22.7 Å². The molecule has 2 aromatic carbocycles. The number of aldehydes is 1. The van der Waals surface area contributed by atoms with Crippen LogP contribution in [0.15, 0.2) is 47.4 Å². The molecule has 4 rings (SSSR count). The number of hydrogen-bond donors (Lipinski definition) is 2. The minimum absolute atomic E-state index is 0.0764. The van der Waals surface area contributed by atoms with E-state index < -0.39 is 12.7 Å². The minimum atomic E-state index is -4.38. The lowest BCUT2D eigenvalue weighted by Crippen LogP contribution is -2.22. The first-order valence-electron chi connectivity index (χ1n) is 12.3. The van der Waals surface area contributed by atoms with Crippen molar-refractivity contribution in [1.82, 2.24) is 4.57 Å². The number of anilines is 2. The van der Waals surface area contributed by atoms with Gasteiger partial charge in [0, 0.05) is 22.0 Å². The zero-order valence-corrected chi connectivity index (χ0v) is 21.5. The Morgan fingerprint density at radius 2 is 1.95 bits per heavy atom. The maximum absolute atomic E-state index is 13.5. The molecule has 1 aliphatic carbocycles. The summed E-state index contributed by atoms with van der Waals surface area (Å²) < 4.78 is 47.2. The first-order valence-corrected chi connectivity index (χ1v) is 13.5. The summed E-state index contributed by atoms with van der Waals surface area (Å²) >= 11 is 1.55. The molecule has 2 N–H and O–H groups in total. The molecular weight excluding hydrogens is 499 g/mol. The van der Waals surface area contributed by atoms with Crippen molar-refractivity contribution in [3.63, 3.8) is 0 Å². The van der Waals surface area contributed by atoms with Crippen LogP contribution in [0.3, 0.4) is 0 Å². The van der Waals surface area contributed by atoms with Crippen LogP contribution < -0.4 is 15.4 Å². The second kappa shape index (κ2) is 12.3. The van der Waals surface area contributed by atoms with Crippen molar-refractivity contribution in [2.75, 3.05) is 30.0 Å². The van der Waals surface area contributed by atoms with Gasteiger partial charge >= 0.3 is 6.18 Å². The normalized spacial score (nSPS) is 14.2. The van der Waals surface area contributed by atoms with Gasteiger partial charge in [0.25, 0.3) is 0 Å². The van der Waals surface area contributed by atoms with E-state index in [4.69, 9.17) is 4.74 Å². The second-order valence-electron chi connectivity index (χ2n) is 8.94. The largest absolute Gasteiger partial charge is 0.484 e. The van der Waals surface area contributed by atoms with Crippen molar-refractivity contribution in [2.24, 2.45) is 0 Å². The number of rotatable bonds is 9. The number of benzene rings is 2. The Labute approximate surface area is 219 Å². The molecule has 1 aliphatic rings. The molecule has 9 heteroatoms. The number of alkyl halides is 3. The fourth-order valence-electron chi connectivity index (χ4n) is 4.62. The average Bonchev–Trinajstić information content (AvgIpc) is 3.23. The Bertz CT molecular complexity index is 1290. The predicted octanol–water partition coefficient (Wildman–Crippen LogP) is 6.71. The number of aromatic nitrogens is 1. The first-order chi connectivity index (χ1) is 17.9. The molecule has 1 fully saturated rings. The molecular formula is C28H30F3N3O2S. The van der Waals surface area contributed by atoms with Gasteiger partial charge in [-0.05, 0) is 61.4 Å². The number of thioether (sulfide) groups is 1. The molecule has 0 spiro atoms. The van der Waals surface area contributed by atoms with Crippen LogP contribution >= 0.6 is 11.8 Å². The highest BCUT2D eigenvalue weighted by atomic mass is 32.2. The lowest BCUT2D eigenvalue weighted by molar-refractivity contribution is -0.140. The number of nitrogens with zero attached hydrogens (tertiary/aromatic N) is 1. The molecule has 0 radical (unpaired) electrons. The summed E-state index contributed by atoms with van der Waals surface area (Å²) in [6.45, 7) is -0.996. The quantitative estimate of drug-likeness (QED) is 0.183. The van der Waals surface area contributed by atoms with Gasteiger partial charge in [0.2, 0.25) is 0 Å². The second-order valence-corrected chi connectivity index (χ2v) is 9.82. The molecule has 0 amide bonds. The van der Waals surface area contributed by atoms with Crippen LogP contribution in [0.4, 0.5) is 24.5 Å². The highest BCUT2D eigenvalue weighted by Gasteiger charge is 2.30. The van der Waals surface area contributed by atoms with E-state index in [1.807, 2.05) is 30.5 Å². The Balaban J connectivity index is 1.58. The molecule has 5 nitrogen and oxygen atoms in total. The summed E-state index contributed by atoms with van der Waals surface area (Å²) in [6.07, 6.45) is 3.91. The van der Waals surface area contributed by atoms with Gasteiger partial charge < -0.3 is 19.9 Å². The fourth-order valence-corrected chi connectivity index (χ4v) is 5.05. The average molecular weight is 530 g/mol. The summed E-state index contributed by atoms with van der Waals surface area (Å²) in [5.41, 5.74) is 2.32. The number of hydrogen-bond acceptors (Lipinski definition) is 5. The van der Waals surface area contributed by atoms with Crippen molar-refractivity contribution in [2.45, 2.75) is 55.8 Å². The number of halogens is 3. The van der Waals surface area contributed by atoms with E-state index in [9.17, 15) is 18.0 Å². The zero-order valence-electron chi connectivity index (χ0n) is 20.7. The predicted molar refractivity (Wildman–Crippen MR) is 144 cm³/mol. The molecule has 196 valence electrons. The zero-order chi connectivity index (χ0) is 26.3. The van der Waals surface area contributed by atoms with Gasteiger partial charge in [0.15, 0.2) is 6.29 Å². The standard InChI is InChI=1S/C28H30F3N3O2S/c1-37-22-12-13-25(27(18-22)36-16-15-35)32-14-6-9-21-17-23-24(33-20-7-3-2-4-8-20)10-5-11-26(23)34(21)19-28(29,30)31/h5,10-13,15,17-18,20,32-33H,2-4,7-8,14,16,19H2,1H3. The highest BCUT2D eigenvalue weighted by molar-refractivity contribution is 7.98. The molecule has 37 heavy (non-hydrogen) atoms. The van der Waals surface area contributed by atoms with E-state index >= 15 is 0 Å². The molecule has 0 saturated heterocycles.